The molecule has 0 bridgehead atoms. The zero-order valence-corrected chi connectivity index (χ0v) is 17.4. The number of carbonyl (C=O) groups excluding carboxylic acids is 1. The summed E-state index contributed by atoms with van der Waals surface area (Å²) < 4.78 is 53.7. The van der Waals surface area contributed by atoms with Crippen LogP contribution in [0.4, 0.5) is 8.78 Å². The van der Waals surface area contributed by atoms with Crippen molar-refractivity contribution in [3.05, 3.63) is 58.4 Å². The Morgan fingerprint density at radius 3 is 2.55 bits per heavy atom. The summed E-state index contributed by atoms with van der Waals surface area (Å²) in [7, 11) is -4.18. The lowest BCUT2D eigenvalue weighted by molar-refractivity contribution is 0.0702. The van der Waals surface area contributed by atoms with Gasteiger partial charge in [-0.2, -0.15) is 4.31 Å². The number of piperazine rings is 1. The molecule has 0 aliphatic carbocycles. The van der Waals surface area contributed by atoms with Crippen LogP contribution in [0, 0.1) is 11.6 Å². The van der Waals surface area contributed by atoms with Crippen molar-refractivity contribution < 1.29 is 22.0 Å². The van der Waals surface area contributed by atoms with Crippen LogP contribution in [0.15, 0.2) is 46.8 Å². The van der Waals surface area contributed by atoms with Gasteiger partial charge in [0.05, 0.1) is 11.1 Å². The molecule has 3 aromatic rings. The highest BCUT2D eigenvalue weighted by atomic mass is 32.2. The number of benzene rings is 1. The van der Waals surface area contributed by atoms with Crippen molar-refractivity contribution in [1.82, 2.24) is 14.2 Å². The van der Waals surface area contributed by atoms with Crippen molar-refractivity contribution in [2.45, 2.75) is 4.90 Å². The number of hydrogen-bond acceptors (Lipinski definition) is 6. The molecular formula is C18H15F2N3O3S3. The number of thiophene rings is 1. The van der Waals surface area contributed by atoms with E-state index in [-0.39, 0.29) is 32.1 Å². The van der Waals surface area contributed by atoms with Crippen LogP contribution in [0.25, 0.3) is 9.88 Å². The molecule has 0 atom stereocenters. The predicted molar refractivity (Wildman–Crippen MR) is 106 cm³/mol. The molecule has 1 fully saturated rings. The van der Waals surface area contributed by atoms with Gasteiger partial charge in [-0.3, -0.25) is 4.79 Å². The van der Waals surface area contributed by atoms with Gasteiger partial charge in [-0.05, 0) is 29.6 Å². The first-order chi connectivity index (χ1) is 13.9. The normalized spacial score (nSPS) is 15.6. The second-order valence-corrected chi connectivity index (χ2v) is 10.2. The molecule has 6 nitrogen and oxygen atoms in total. The first-order valence-corrected chi connectivity index (χ1v) is 11.7. The summed E-state index contributed by atoms with van der Waals surface area (Å²) in [5, 5.41) is 2.69. The largest absolute Gasteiger partial charge is 0.335 e. The molecule has 152 valence electrons. The van der Waals surface area contributed by atoms with Crippen molar-refractivity contribution in [2.75, 3.05) is 26.2 Å². The highest BCUT2D eigenvalue weighted by Crippen LogP contribution is 2.30. The van der Waals surface area contributed by atoms with Crippen LogP contribution in [-0.4, -0.2) is 54.7 Å². The van der Waals surface area contributed by atoms with Gasteiger partial charge in [0.15, 0.2) is 0 Å². The van der Waals surface area contributed by atoms with Crippen LogP contribution in [0.5, 0.6) is 0 Å². The molecule has 0 spiro atoms. The molecule has 3 heterocycles. The van der Waals surface area contributed by atoms with E-state index in [0.717, 1.165) is 26.3 Å². The van der Waals surface area contributed by atoms with E-state index in [2.05, 4.69) is 4.98 Å². The smallest absolute Gasteiger partial charge is 0.265 e. The van der Waals surface area contributed by atoms with Gasteiger partial charge in [-0.1, -0.05) is 6.07 Å². The molecule has 0 saturated carbocycles. The van der Waals surface area contributed by atoms with Gasteiger partial charge in [-0.15, -0.1) is 22.7 Å². The minimum Gasteiger partial charge on any atom is -0.335 e. The van der Waals surface area contributed by atoms with Crippen LogP contribution in [0.3, 0.4) is 0 Å². The standard InChI is InChI=1S/C18H15F2N3O3S3/c19-12-3-4-13(20)16(10-12)29(25,26)23-7-5-22(6-8-23)18(24)15-11-21-17(28-15)14-2-1-9-27-14/h1-4,9-11H,5-8H2. The van der Waals surface area contributed by atoms with Crippen LogP contribution < -0.4 is 0 Å². The molecule has 0 unspecified atom stereocenters. The average molecular weight is 456 g/mol. The summed E-state index contributed by atoms with van der Waals surface area (Å²) in [6.07, 6.45) is 1.52. The van der Waals surface area contributed by atoms with Crippen LogP contribution >= 0.6 is 22.7 Å². The monoisotopic (exact) mass is 455 g/mol. The van der Waals surface area contributed by atoms with Gasteiger partial charge >= 0.3 is 0 Å². The molecule has 2 aromatic heterocycles. The molecule has 1 amide bonds. The third kappa shape index (κ3) is 3.95. The van der Waals surface area contributed by atoms with E-state index in [1.807, 2.05) is 17.5 Å². The summed E-state index contributed by atoms with van der Waals surface area (Å²) in [5.74, 6) is -2.06. The van der Waals surface area contributed by atoms with E-state index >= 15 is 0 Å². The number of carbonyl (C=O) groups is 1. The minimum atomic E-state index is -4.18. The molecule has 29 heavy (non-hydrogen) atoms. The summed E-state index contributed by atoms with van der Waals surface area (Å²) >= 11 is 2.82. The van der Waals surface area contributed by atoms with E-state index < -0.39 is 26.6 Å². The maximum absolute atomic E-state index is 13.9. The number of aromatic nitrogens is 1. The molecule has 11 heteroatoms. The molecule has 1 saturated heterocycles. The molecular weight excluding hydrogens is 440 g/mol. The van der Waals surface area contributed by atoms with E-state index in [0.29, 0.717) is 10.9 Å². The Bertz CT molecular complexity index is 1140. The van der Waals surface area contributed by atoms with Gasteiger partial charge in [0, 0.05) is 26.2 Å². The molecule has 4 rings (SSSR count). The Kier molecular flexibility index (Phi) is 5.47. The molecule has 1 aliphatic rings. The second-order valence-electron chi connectivity index (χ2n) is 6.28. The van der Waals surface area contributed by atoms with Crippen LogP contribution in [-0.2, 0) is 10.0 Å². The molecule has 0 radical (unpaired) electrons. The summed E-state index contributed by atoms with van der Waals surface area (Å²) in [6.45, 7) is 0.309. The predicted octanol–water partition coefficient (Wildman–Crippen LogP) is 3.30. The number of halogens is 2. The quantitative estimate of drug-likeness (QED) is 0.605. The maximum Gasteiger partial charge on any atom is 0.265 e. The van der Waals surface area contributed by atoms with Crippen molar-refractivity contribution in [3.63, 3.8) is 0 Å². The lowest BCUT2D eigenvalue weighted by Crippen LogP contribution is -2.50. The van der Waals surface area contributed by atoms with Crippen molar-refractivity contribution in [1.29, 1.82) is 0 Å². The van der Waals surface area contributed by atoms with Crippen LogP contribution in [0.2, 0.25) is 0 Å². The Morgan fingerprint density at radius 1 is 1.10 bits per heavy atom. The number of nitrogens with zero attached hydrogens (tertiary/aromatic N) is 3. The Balaban J connectivity index is 1.45. The van der Waals surface area contributed by atoms with Gasteiger partial charge in [-0.25, -0.2) is 22.2 Å². The Labute approximate surface area is 174 Å². The van der Waals surface area contributed by atoms with Gasteiger partial charge in [0.1, 0.15) is 26.4 Å². The topological polar surface area (TPSA) is 70.6 Å². The average Bonchev–Trinajstić information content (AvgIpc) is 3.41. The fourth-order valence-electron chi connectivity index (χ4n) is 2.99. The fourth-order valence-corrected chi connectivity index (χ4v) is 6.17. The van der Waals surface area contributed by atoms with Gasteiger partial charge in [0.25, 0.3) is 5.91 Å². The Hall–Kier alpha value is -2.21. The Morgan fingerprint density at radius 2 is 1.86 bits per heavy atom. The fraction of sp³-hybridized carbons (Fsp3) is 0.222. The number of thiazole rings is 1. The summed E-state index contributed by atoms with van der Waals surface area (Å²) in [4.78, 5) is 19.3. The first kappa shape index (κ1) is 20.1. The lowest BCUT2D eigenvalue weighted by Gasteiger charge is -2.33. The highest BCUT2D eigenvalue weighted by molar-refractivity contribution is 7.89. The zero-order chi connectivity index (χ0) is 20.6. The molecule has 1 aromatic carbocycles. The van der Waals surface area contributed by atoms with Crippen molar-refractivity contribution in [2.24, 2.45) is 0 Å². The summed E-state index contributed by atoms with van der Waals surface area (Å²) in [5.41, 5.74) is 0. The number of hydrogen-bond donors (Lipinski definition) is 0. The first-order valence-electron chi connectivity index (χ1n) is 8.60. The minimum absolute atomic E-state index is 0.000607. The maximum atomic E-state index is 13.9. The number of rotatable bonds is 4. The second kappa shape index (κ2) is 7.90. The number of sulfonamides is 1. The molecule has 0 N–H and O–H groups in total. The SMILES string of the molecule is O=C(c1cnc(-c2cccs2)s1)N1CCN(S(=O)(=O)c2cc(F)ccc2F)CC1. The molecule has 1 aliphatic heterocycles. The van der Waals surface area contributed by atoms with Crippen molar-refractivity contribution in [3.8, 4) is 9.88 Å². The van der Waals surface area contributed by atoms with E-state index in [4.69, 9.17) is 0 Å². The third-order valence-electron chi connectivity index (χ3n) is 4.49. The third-order valence-corrected chi connectivity index (χ3v) is 8.42. The summed E-state index contributed by atoms with van der Waals surface area (Å²) in [6, 6.07) is 6.16. The van der Waals surface area contributed by atoms with Gasteiger partial charge in [0.2, 0.25) is 10.0 Å². The van der Waals surface area contributed by atoms with E-state index in [9.17, 15) is 22.0 Å². The van der Waals surface area contributed by atoms with Crippen molar-refractivity contribution >= 4 is 38.6 Å². The van der Waals surface area contributed by atoms with E-state index in [1.165, 1.54) is 28.9 Å². The highest BCUT2D eigenvalue weighted by Gasteiger charge is 2.33. The lowest BCUT2D eigenvalue weighted by atomic mass is 10.3. The van der Waals surface area contributed by atoms with Gasteiger partial charge < -0.3 is 4.90 Å². The van der Waals surface area contributed by atoms with E-state index in [1.54, 1.807) is 4.90 Å². The number of amides is 1. The zero-order valence-electron chi connectivity index (χ0n) is 14.9. The van der Waals surface area contributed by atoms with Crippen LogP contribution in [0.1, 0.15) is 9.67 Å².